The summed E-state index contributed by atoms with van der Waals surface area (Å²) in [5.41, 5.74) is 13.1. The molecular weight excluding hydrogens is 643 g/mol. The fourth-order valence-corrected chi connectivity index (χ4v) is 9.58. The van der Waals surface area contributed by atoms with Crippen molar-refractivity contribution in [1.29, 1.82) is 0 Å². The van der Waals surface area contributed by atoms with Crippen molar-refractivity contribution in [3.05, 3.63) is 175 Å². The molecule has 12 rings (SSSR count). The number of rotatable bonds is 2. The standard InChI is InChI=1S/C51H33NO/c1-51(2)45-27-44-39-16-8-10-18-49(39)53-50(44)28-42(45)41-26-43-38-15-7-9-17-47(38)52(48(43)29-46(41)51)32-22-19-30(20-23-32)31-21-24-37-35-13-4-3-11-33(35)34-12-5-6-14-36(34)40(37)25-31/h3-29H,1-2H3. The van der Waals surface area contributed by atoms with Gasteiger partial charge in [0.1, 0.15) is 11.2 Å². The maximum atomic E-state index is 6.37. The quantitative estimate of drug-likeness (QED) is 0.167. The Bertz CT molecular complexity index is 3320. The van der Waals surface area contributed by atoms with E-state index in [2.05, 4.69) is 176 Å². The van der Waals surface area contributed by atoms with Crippen LogP contribution in [-0.2, 0) is 5.41 Å². The van der Waals surface area contributed by atoms with Crippen LogP contribution in [-0.4, -0.2) is 4.57 Å². The van der Waals surface area contributed by atoms with Crippen LogP contribution in [0.4, 0.5) is 0 Å². The number of benzene rings is 9. The summed E-state index contributed by atoms with van der Waals surface area (Å²) < 4.78 is 8.83. The topological polar surface area (TPSA) is 18.1 Å². The molecule has 2 heteroatoms. The lowest BCUT2D eigenvalue weighted by atomic mass is 9.82. The third kappa shape index (κ3) is 3.87. The van der Waals surface area contributed by atoms with Crippen molar-refractivity contribution >= 4 is 76.1 Å². The zero-order valence-electron chi connectivity index (χ0n) is 29.4. The maximum Gasteiger partial charge on any atom is 0.136 e. The Morgan fingerprint density at radius 1 is 0.377 bits per heavy atom. The minimum atomic E-state index is -0.165. The van der Waals surface area contributed by atoms with Crippen molar-refractivity contribution in [2.45, 2.75) is 19.3 Å². The molecule has 2 heterocycles. The summed E-state index contributed by atoms with van der Waals surface area (Å²) in [6.45, 7) is 4.74. The summed E-state index contributed by atoms with van der Waals surface area (Å²) in [7, 11) is 0. The summed E-state index contributed by atoms with van der Waals surface area (Å²) in [6.07, 6.45) is 0. The zero-order chi connectivity index (χ0) is 35.0. The molecule has 0 spiro atoms. The number of furan rings is 1. The second-order valence-electron chi connectivity index (χ2n) is 15.3. The van der Waals surface area contributed by atoms with Gasteiger partial charge in [0.05, 0.1) is 11.0 Å². The molecule has 0 fully saturated rings. The maximum absolute atomic E-state index is 6.37. The van der Waals surface area contributed by atoms with Gasteiger partial charge in [-0.15, -0.1) is 0 Å². The van der Waals surface area contributed by atoms with E-state index in [0.717, 1.165) is 16.9 Å². The first-order chi connectivity index (χ1) is 26.0. The van der Waals surface area contributed by atoms with Crippen LogP contribution in [0.1, 0.15) is 25.0 Å². The Kier molecular flexibility index (Phi) is 5.60. The third-order valence-corrected chi connectivity index (χ3v) is 12.2. The van der Waals surface area contributed by atoms with Crippen molar-refractivity contribution in [2.75, 3.05) is 0 Å². The van der Waals surface area contributed by atoms with Crippen LogP contribution in [0.3, 0.4) is 0 Å². The highest BCUT2D eigenvalue weighted by Crippen LogP contribution is 2.53. The second-order valence-corrected chi connectivity index (χ2v) is 15.3. The van der Waals surface area contributed by atoms with Crippen LogP contribution in [0.15, 0.2) is 168 Å². The molecule has 0 saturated heterocycles. The Balaban J connectivity index is 1.02. The smallest absolute Gasteiger partial charge is 0.136 e. The van der Waals surface area contributed by atoms with Gasteiger partial charge in [0.2, 0.25) is 0 Å². The lowest BCUT2D eigenvalue weighted by molar-refractivity contribution is 0.658. The average Bonchev–Trinajstić information content (AvgIpc) is 3.81. The van der Waals surface area contributed by atoms with Gasteiger partial charge < -0.3 is 8.98 Å². The molecule has 2 nitrogen and oxygen atoms in total. The first-order valence-corrected chi connectivity index (χ1v) is 18.5. The van der Waals surface area contributed by atoms with E-state index in [-0.39, 0.29) is 5.41 Å². The molecule has 248 valence electrons. The van der Waals surface area contributed by atoms with Gasteiger partial charge in [0, 0.05) is 32.6 Å². The van der Waals surface area contributed by atoms with Crippen LogP contribution in [0.2, 0.25) is 0 Å². The molecule has 2 aromatic heterocycles. The van der Waals surface area contributed by atoms with Crippen LogP contribution in [0.25, 0.3) is 104 Å². The molecule has 1 aliphatic carbocycles. The Labute approximate surface area is 306 Å². The SMILES string of the molecule is CC1(C)c2cc3c(cc2-c2cc4c5ccccc5n(-c5ccc(-c6ccc7c8ccccc8c8ccccc8c7c6)cc5)c4cc21)oc1ccccc13. The lowest BCUT2D eigenvalue weighted by Crippen LogP contribution is -2.15. The molecule has 53 heavy (non-hydrogen) atoms. The monoisotopic (exact) mass is 675 g/mol. The minimum absolute atomic E-state index is 0.165. The summed E-state index contributed by atoms with van der Waals surface area (Å²) >= 11 is 0. The van der Waals surface area contributed by atoms with E-state index in [1.165, 1.54) is 98.3 Å². The predicted molar refractivity (Wildman–Crippen MR) is 224 cm³/mol. The molecule has 0 radical (unpaired) electrons. The molecule has 0 saturated carbocycles. The fourth-order valence-electron chi connectivity index (χ4n) is 9.58. The first kappa shape index (κ1) is 29.0. The Morgan fingerprint density at radius 3 is 1.68 bits per heavy atom. The van der Waals surface area contributed by atoms with E-state index in [1.807, 2.05) is 6.07 Å². The van der Waals surface area contributed by atoms with Crippen LogP contribution in [0, 0.1) is 0 Å². The van der Waals surface area contributed by atoms with Crippen molar-refractivity contribution in [1.82, 2.24) is 4.57 Å². The van der Waals surface area contributed by atoms with Gasteiger partial charge >= 0.3 is 0 Å². The minimum Gasteiger partial charge on any atom is -0.456 e. The number of nitrogens with zero attached hydrogens (tertiary/aromatic N) is 1. The lowest BCUT2D eigenvalue weighted by Gasteiger charge is -2.22. The van der Waals surface area contributed by atoms with Gasteiger partial charge in [-0.2, -0.15) is 0 Å². The average molecular weight is 676 g/mol. The highest BCUT2D eigenvalue weighted by molar-refractivity contribution is 6.25. The van der Waals surface area contributed by atoms with Crippen LogP contribution >= 0.6 is 0 Å². The van der Waals surface area contributed by atoms with Crippen molar-refractivity contribution in [3.63, 3.8) is 0 Å². The molecule has 11 aromatic rings. The van der Waals surface area contributed by atoms with Gasteiger partial charge in [0.25, 0.3) is 0 Å². The van der Waals surface area contributed by atoms with Gasteiger partial charge in [-0.3, -0.25) is 0 Å². The van der Waals surface area contributed by atoms with Gasteiger partial charge in [-0.1, -0.05) is 123 Å². The van der Waals surface area contributed by atoms with Gasteiger partial charge in [-0.25, -0.2) is 0 Å². The van der Waals surface area contributed by atoms with Crippen molar-refractivity contribution in [2.24, 2.45) is 0 Å². The van der Waals surface area contributed by atoms with Gasteiger partial charge in [-0.05, 0) is 120 Å². The molecule has 0 amide bonds. The summed E-state index contributed by atoms with van der Waals surface area (Å²) in [5, 5.41) is 12.7. The zero-order valence-corrected chi connectivity index (χ0v) is 29.4. The van der Waals surface area contributed by atoms with Crippen LogP contribution in [0.5, 0.6) is 0 Å². The number of hydrogen-bond acceptors (Lipinski definition) is 1. The molecule has 0 atom stereocenters. The molecular formula is C51H33NO. The molecule has 1 aliphatic rings. The van der Waals surface area contributed by atoms with E-state index >= 15 is 0 Å². The largest absolute Gasteiger partial charge is 0.456 e. The number of para-hydroxylation sites is 2. The molecule has 0 aliphatic heterocycles. The predicted octanol–water partition coefficient (Wildman–Crippen LogP) is 14.1. The van der Waals surface area contributed by atoms with E-state index < -0.39 is 0 Å². The number of aromatic nitrogens is 1. The van der Waals surface area contributed by atoms with Crippen LogP contribution < -0.4 is 0 Å². The third-order valence-electron chi connectivity index (χ3n) is 12.2. The Morgan fingerprint density at radius 2 is 0.943 bits per heavy atom. The molecule has 0 unspecified atom stereocenters. The molecule has 0 bridgehead atoms. The second kappa shape index (κ2) is 10.2. The summed E-state index contributed by atoms with van der Waals surface area (Å²) in [4.78, 5) is 0. The fraction of sp³-hybridized carbons (Fsp3) is 0.0588. The van der Waals surface area contributed by atoms with E-state index in [4.69, 9.17) is 4.42 Å². The van der Waals surface area contributed by atoms with E-state index in [9.17, 15) is 0 Å². The summed E-state index contributed by atoms with van der Waals surface area (Å²) in [6, 6.07) is 60.4. The Hall–Kier alpha value is -6.64. The normalized spacial score (nSPS) is 13.6. The summed E-state index contributed by atoms with van der Waals surface area (Å²) in [5.74, 6) is 0. The molecule has 9 aromatic carbocycles. The number of hydrogen-bond donors (Lipinski definition) is 0. The first-order valence-electron chi connectivity index (χ1n) is 18.5. The molecule has 0 N–H and O–H groups in total. The highest BCUT2D eigenvalue weighted by Gasteiger charge is 2.37. The van der Waals surface area contributed by atoms with E-state index in [0.29, 0.717) is 0 Å². The van der Waals surface area contributed by atoms with Crippen molar-refractivity contribution in [3.8, 4) is 27.9 Å². The van der Waals surface area contributed by atoms with Gasteiger partial charge in [0.15, 0.2) is 0 Å². The highest BCUT2D eigenvalue weighted by atomic mass is 16.3. The number of fused-ring (bicyclic) bond motifs is 15. The van der Waals surface area contributed by atoms with Crippen molar-refractivity contribution < 1.29 is 4.42 Å². The van der Waals surface area contributed by atoms with E-state index in [1.54, 1.807) is 0 Å².